The van der Waals surface area contributed by atoms with Gasteiger partial charge >= 0.3 is 0 Å². The topological polar surface area (TPSA) is 49.4 Å². The molecular weight excluding hydrogens is 284 g/mol. The Morgan fingerprint density at radius 2 is 1.90 bits per heavy atom. The number of hydrogen-bond donors (Lipinski definition) is 1. The fourth-order valence-electron chi connectivity index (χ4n) is 3.38. The van der Waals surface area contributed by atoms with Gasteiger partial charge in [0.05, 0.1) is 11.4 Å². The molecule has 0 bridgehead atoms. The monoisotopic (exact) mass is 308 g/mol. The molecule has 0 spiro atoms. The number of sulfonamides is 1. The van der Waals surface area contributed by atoms with Crippen LogP contribution in [0, 0.1) is 5.92 Å². The Bertz CT molecular complexity index is 580. The Balaban J connectivity index is 1.84. The summed E-state index contributed by atoms with van der Waals surface area (Å²) in [4.78, 5) is 0. The number of rotatable bonds is 3. The van der Waals surface area contributed by atoms with Crippen LogP contribution in [0.4, 0.5) is 5.69 Å². The van der Waals surface area contributed by atoms with E-state index < -0.39 is 10.0 Å². The van der Waals surface area contributed by atoms with Crippen molar-refractivity contribution in [2.24, 2.45) is 5.92 Å². The quantitative estimate of drug-likeness (QED) is 0.931. The lowest BCUT2D eigenvalue weighted by molar-refractivity contribution is 0.401. The molecular formula is C16H24N2O2S. The molecule has 3 rings (SSSR count). The Hall–Kier alpha value is -1.07. The SMILES string of the molecule is O=S(=O)(CC1CCNCC1)N1CCCCc2ccccc21. The van der Waals surface area contributed by atoms with Gasteiger partial charge in [-0.1, -0.05) is 18.2 Å². The second-order valence-corrected chi connectivity index (χ2v) is 8.07. The molecule has 0 amide bonds. The highest BCUT2D eigenvalue weighted by Crippen LogP contribution is 2.29. The van der Waals surface area contributed by atoms with Crippen LogP contribution in [0.2, 0.25) is 0 Å². The summed E-state index contributed by atoms with van der Waals surface area (Å²) in [6, 6.07) is 7.97. The molecule has 0 saturated carbocycles. The summed E-state index contributed by atoms with van der Waals surface area (Å²) in [5, 5.41) is 3.30. The fourth-order valence-corrected chi connectivity index (χ4v) is 5.38. The summed E-state index contributed by atoms with van der Waals surface area (Å²) in [6.45, 7) is 2.51. The smallest absolute Gasteiger partial charge is 0.235 e. The highest BCUT2D eigenvalue weighted by molar-refractivity contribution is 7.92. The second kappa shape index (κ2) is 6.36. The van der Waals surface area contributed by atoms with Crippen molar-refractivity contribution in [3.05, 3.63) is 29.8 Å². The van der Waals surface area contributed by atoms with Crippen molar-refractivity contribution in [1.29, 1.82) is 0 Å². The summed E-state index contributed by atoms with van der Waals surface area (Å²) in [5.74, 6) is 0.592. The molecule has 0 aromatic heterocycles. The van der Waals surface area contributed by atoms with Crippen molar-refractivity contribution < 1.29 is 8.42 Å². The second-order valence-electron chi connectivity index (χ2n) is 6.13. The van der Waals surface area contributed by atoms with Crippen LogP contribution in [0.1, 0.15) is 31.2 Å². The predicted molar refractivity (Wildman–Crippen MR) is 86.1 cm³/mol. The number of hydrogen-bond acceptors (Lipinski definition) is 3. The molecule has 1 aromatic carbocycles. The lowest BCUT2D eigenvalue weighted by Gasteiger charge is -2.28. The van der Waals surface area contributed by atoms with Crippen LogP contribution in [-0.2, 0) is 16.4 Å². The molecule has 4 nitrogen and oxygen atoms in total. The standard InChI is InChI=1S/C16H24N2O2S/c19-21(20,13-14-8-10-17-11-9-14)18-12-4-3-6-15-5-1-2-7-16(15)18/h1-2,5,7,14,17H,3-4,6,8-13H2. The molecule has 21 heavy (non-hydrogen) atoms. The van der Waals surface area contributed by atoms with E-state index in [4.69, 9.17) is 0 Å². The summed E-state index contributed by atoms with van der Waals surface area (Å²) in [6.07, 6.45) is 4.93. The third-order valence-electron chi connectivity index (χ3n) is 4.56. The average Bonchev–Trinajstić information content (AvgIpc) is 2.70. The maximum atomic E-state index is 12.9. The van der Waals surface area contributed by atoms with Gasteiger partial charge in [-0.2, -0.15) is 0 Å². The first-order valence-corrected chi connectivity index (χ1v) is 9.57. The number of anilines is 1. The molecule has 0 aliphatic carbocycles. The Morgan fingerprint density at radius 3 is 2.71 bits per heavy atom. The Morgan fingerprint density at radius 1 is 1.14 bits per heavy atom. The Kier molecular flexibility index (Phi) is 4.50. The molecule has 1 N–H and O–H groups in total. The van der Waals surface area contributed by atoms with Gasteiger partial charge in [0.25, 0.3) is 0 Å². The van der Waals surface area contributed by atoms with Crippen LogP contribution in [0.3, 0.4) is 0 Å². The number of benzene rings is 1. The number of nitrogens with zero attached hydrogens (tertiary/aromatic N) is 1. The lowest BCUT2D eigenvalue weighted by atomic mass is 10.0. The van der Waals surface area contributed by atoms with Crippen LogP contribution in [0.15, 0.2) is 24.3 Å². The largest absolute Gasteiger partial charge is 0.317 e. The van der Waals surface area contributed by atoms with Gasteiger partial charge in [-0.05, 0) is 62.7 Å². The highest BCUT2D eigenvalue weighted by atomic mass is 32.2. The van der Waals surface area contributed by atoms with Crippen molar-refractivity contribution in [3.63, 3.8) is 0 Å². The number of aryl methyl sites for hydroxylation is 1. The molecule has 1 fully saturated rings. The lowest BCUT2D eigenvalue weighted by Crippen LogP contribution is -2.39. The third-order valence-corrected chi connectivity index (χ3v) is 6.50. The van der Waals surface area contributed by atoms with E-state index in [1.165, 1.54) is 5.56 Å². The van der Waals surface area contributed by atoms with Gasteiger partial charge in [0.2, 0.25) is 10.0 Å². The van der Waals surface area contributed by atoms with E-state index in [2.05, 4.69) is 11.4 Å². The highest BCUT2D eigenvalue weighted by Gasteiger charge is 2.29. The minimum atomic E-state index is -3.21. The molecule has 0 unspecified atom stereocenters. The summed E-state index contributed by atoms with van der Waals surface area (Å²) >= 11 is 0. The summed E-state index contributed by atoms with van der Waals surface area (Å²) in [7, 11) is -3.21. The number of para-hydroxylation sites is 1. The zero-order chi connectivity index (χ0) is 14.7. The van der Waals surface area contributed by atoms with Gasteiger partial charge in [-0.25, -0.2) is 8.42 Å². The van der Waals surface area contributed by atoms with Gasteiger partial charge in [-0.3, -0.25) is 4.31 Å². The molecule has 1 aromatic rings. The van der Waals surface area contributed by atoms with E-state index in [0.717, 1.165) is 50.9 Å². The first-order chi connectivity index (χ1) is 10.2. The number of nitrogens with one attached hydrogen (secondary N) is 1. The third kappa shape index (κ3) is 3.40. The van der Waals surface area contributed by atoms with Crippen LogP contribution in [0.5, 0.6) is 0 Å². The van der Waals surface area contributed by atoms with Crippen molar-refractivity contribution >= 4 is 15.7 Å². The van der Waals surface area contributed by atoms with Crippen LogP contribution in [0.25, 0.3) is 0 Å². The van der Waals surface area contributed by atoms with Gasteiger partial charge < -0.3 is 5.32 Å². The molecule has 0 atom stereocenters. The van der Waals surface area contributed by atoms with Crippen LogP contribution >= 0.6 is 0 Å². The molecule has 2 aliphatic heterocycles. The van der Waals surface area contributed by atoms with E-state index in [1.54, 1.807) is 4.31 Å². The minimum absolute atomic E-state index is 0.295. The molecule has 0 radical (unpaired) electrons. The zero-order valence-corrected chi connectivity index (χ0v) is 13.2. The first kappa shape index (κ1) is 14.9. The molecule has 116 valence electrons. The van der Waals surface area contributed by atoms with E-state index in [0.29, 0.717) is 18.2 Å². The minimum Gasteiger partial charge on any atom is -0.317 e. The zero-order valence-electron chi connectivity index (χ0n) is 12.4. The van der Waals surface area contributed by atoms with E-state index in [1.807, 2.05) is 18.2 Å². The van der Waals surface area contributed by atoms with E-state index >= 15 is 0 Å². The van der Waals surface area contributed by atoms with Crippen LogP contribution < -0.4 is 9.62 Å². The molecule has 5 heteroatoms. The van der Waals surface area contributed by atoms with Gasteiger partial charge in [-0.15, -0.1) is 0 Å². The molecule has 2 heterocycles. The van der Waals surface area contributed by atoms with E-state index in [-0.39, 0.29) is 0 Å². The van der Waals surface area contributed by atoms with Crippen LogP contribution in [-0.4, -0.2) is 33.8 Å². The fraction of sp³-hybridized carbons (Fsp3) is 0.625. The Labute approximate surface area is 127 Å². The van der Waals surface area contributed by atoms with Gasteiger partial charge in [0.1, 0.15) is 0 Å². The van der Waals surface area contributed by atoms with Crippen molar-refractivity contribution in [2.75, 3.05) is 29.7 Å². The summed E-state index contributed by atoms with van der Waals surface area (Å²) in [5.41, 5.74) is 2.08. The van der Waals surface area contributed by atoms with E-state index in [9.17, 15) is 8.42 Å². The summed E-state index contributed by atoms with van der Waals surface area (Å²) < 4.78 is 27.4. The number of piperidine rings is 1. The predicted octanol–water partition coefficient (Wildman–Crippen LogP) is 2.16. The van der Waals surface area contributed by atoms with Gasteiger partial charge in [0, 0.05) is 6.54 Å². The normalized spacial score (nSPS) is 20.9. The molecule has 2 aliphatic rings. The van der Waals surface area contributed by atoms with Crippen molar-refractivity contribution in [1.82, 2.24) is 5.32 Å². The van der Waals surface area contributed by atoms with Crippen molar-refractivity contribution in [2.45, 2.75) is 32.1 Å². The maximum absolute atomic E-state index is 12.9. The van der Waals surface area contributed by atoms with Gasteiger partial charge in [0.15, 0.2) is 0 Å². The first-order valence-electron chi connectivity index (χ1n) is 7.96. The average molecular weight is 308 g/mol. The van der Waals surface area contributed by atoms with Crippen molar-refractivity contribution in [3.8, 4) is 0 Å². The molecule has 1 saturated heterocycles. The maximum Gasteiger partial charge on any atom is 0.235 e. The number of fused-ring (bicyclic) bond motifs is 1.